The summed E-state index contributed by atoms with van der Waals surface area (Å²) in [6.45, 7) is 0. The summed E-state index contributed by atoms with van der Waals surface area (Å²) in [5, 5.41) is 9.84. The van der Waals surface area contributed by atoms with E-state index >= 15 is 0 Å². The maximum absolute atomic E-state index is 9.57. The van der Waals surface area contributed by atoms with E-state index in [1.165, 1.54) is 16.0 Å². The fraction of sp³-hybridized carbons (Fsp3) is 0.0952. The predicted octanol–water partition coefficient (Wildman–Crippen LogP) is 5.75. The first-order valence-corrected chi connectivity index (χ1v) is 8.85. The third-order valence-electron chi connectivity index (χ3n) is 4.14. The molecule has 1 aliphatic rings. The number of phenolic OH excluding ortho intramolecular Hbond substituents is 1. The van der Waals surface area contributed by atoms with Gasteiger partial charge in [0.05, 0.1) is 5.69 Å². The Balaban J connectivity index is 1.79. The highest BCUT2D eigenvalue weighted by Gasteiger charge is 2.22. The molecule has 0 spiro atoms. The van der Waals surface area contributed by atoms with Gasteiger partial charge in [0.1, 0.15) is 5.75 Å². The summed E-state index contributed by atoms with van der Waals surface area (Å²) in [5.41, 5.74) is 4.51. The van der Waals surface area contributed by atoms with Gasteiger partial charge in [0.15, 0.2) is 0 Å². The van der Waals surface area contributed by atoms with E-state index in [2.05, 4.69) is 42.5 Å². The zero-order chi connectivity index (χ0) is 16.4. The van der Waals surface area contributed by atoms with E-state index in [0.29, 0.717) is 5.75 Å². The van der Waals surface area contributed by atoms with Gasteiger partial charge in [0.2, 0.25) is 0 Å². The molecule has 118 valence electrons. The lowest BCUT2D eigenvalue weighted by Gasteiger charge is -2.16. The van der Waals surface area contributed by atoms with Crippen molar-refractivity contribution in [3.05, 3.63) is 90.0 Å². The smallest absolute Gasteiger partial charge is 0.115 e. The number of aliphatic imine (C=N–C) groups is 1. The van der Waals surface area contributed by atoms with Crippen LogP contribution in [-0.2, 0) is 0 Å². The van der Waals surface area contributed by atoms with E-state index in [0.717, 1.165) is 17.8 Å². The average Bonchev–Trinajstić information content (AvgIpc) is 2.83. The Hall–Kier alpha value is -2.52. The van der Waals surface area contributed by atoms with Crippen molar-refractivity contribution in [2.24, 2.45) is 4.99 Å². The summed E-state index contributed by atoms with van der Waals surface area (Å²) in [4.78, 5) is 6.14. The van der Waals surface area contributed by atoms with Crippen LogP contribution >= 0.6 is 11.8 Å². The predicted molar refractivity (Wildman–Crippen MR) is 100 cm³/mol. The highest BCUT2D eigenvalue weighted by Crippen LogP contribution is 2.45. The van der Waals surface area contributed by atoms with E-state index in [9.17, 15) is 5.11 Å². The van der Waals surface area contributed by atoms with Crippen molar-refractivity contribution in [1.82, 2.24) is 0 Å². The number of thioether (sulfide) groups is 1. The molecule has 0 amide bonds. The molecule has 0 aromatic heterocycles. The zero-order valence-corrected chi connectivity index (χ0v) is 13.9. The Kier molecular flexibility index (Phi) is 4.09. The van der Waals surface area contributed by atoms with Gasteiger partial charge in [-0.1, -0.05) is 54.6 Å². The van der Waals surface area contributed by atoms with Crippen LogP contribution in [0.2, 0.25) is 0 Å². The molecule has 3 heteroatoms. The van der Waals surface area contributed by atoms with Crippen LogP contribution in [0.4, 0.5) is 5.69 Å². The third kappa shape index (κ3) is 3.08. The molecule has 1 heterocycles. The molecular formula is C21H17NOS. The molecule has 0 radical (unpaired) electrons. The van der Waals surface area contributed by atoms with E-state index in [-0.39, 0.29) is 5.25 Å². The highest BCUT2D eigenvalue weighted by molar-refractivity contribution is 7.99. The maximum Gasteiger partial charge on any atom is 0.115 e. The normalized spacial score (nSPS) is 16.8. The van der Waals surface area contributed by atoms with Gasteiger partial charge in [-0.3, -0.25) is 4.99 Å². The van der Waals surface area contributed by atoms with E-state index in [1.54, 1.807) is 12.1 Å². The molecule has 0 fully saturated rings. The van der Waals surface area contributed by atoms with Crippen molar-refractivity contribution < 1.29 is 5.11 Å². The molecule has 1 aliphatic heterocycles. The average molecular weight is 331 g/mol. The Morgan fingerprint density at radius 1 is 0.833 bits per heavy atom. The standard InChI is InChI=1S/C21H17NOS/c23-17-12-10-16(11-13-17)21-14-19(15-6-2-1-3-7-15)22-18-8-4-5-9-20(18)24-21/h1-13,21,23H,14H2. The molecule has 24 heavy (non-hydrogen) atoms. The largest absolute Gasteiger partial charge is 0.508 e. The minimum Gasteiger partial charge on any atom is -0.508 e. The van der Waals surface area contributed by atoms with Crippen LogP contribution < -0.4 is 0 Å². The summed E-state index contributed by atoms with van der Waals surface area (Å²) in [6, 6.07) is 26.2. The highest BCUT2D eigenvalue weighted by atomic mass is 32.2. The van der Waals surface area contributed by atoms with Gasteiger partial charge in [-0.15, -0.1) is 11.8 Å². The van der Waals surface area contributed by atoms with Gasteiger partial charge in [0, 0.05) is 22.3 Å². The lowest BCUT2D eigenvalue weighted by atomic mass is 10.0. The summed E-state index contributed by atoms with van der Waals surface area (Å²) >= 11 is 1.84. The third-order valence-corrected chi connectivity index (χ3v) is 5.46. The first-order chi connectivity index (χ1) is 11.8. The number of nitrogens with zero attached hydrogens (tertiary/aromatic N) is 1. The quantitative estimate of drug-likeness (QED) is 0.648. The van der Waals surface area contributed by atoms with Crippen molar-refractivity contribution >= 4 is 23.2 Å². The van der Waals surface area contributed by atoms with Crippen LogP contribution in [0.5, 0.6) is 5.75 Å². The lowest BCUT2D eigenvalue weighted by Crippen LogP contribution is -2.05. The maximum atomic E-state index is 9.57. The van der Waals surface area contributed by atoms with Crippen molar-refractivity contribution in [2.75, 3.05) is 0 Å². The monoisotopic (exact) mass is 331 g/mol. The topological polar surface area (TPSA) is 32.6 Å². The minimum atomic E-state index is 0.271. The van der Waals surface area contributed by atoms with Crippen molar-refractivity contribution in [2.45, 2.75) is 16.6 Å². The number of para-hydroxylation sites is 1. The molecule has 1 unspecified atom stereocenters. The molecule has 3 aromatic carbocycles. The van der Waals surface area contributed by atoms with Gasteiger partial charge in [-0.25, -0.2) is 0 Å². The fourth-order valence-electron chi connectivity index (χ4n) is 2.90. The first-order valence-electron chi connectivity index (χ1n) is 7.97. The van der Waals surface area contributed by atoms with Crippen LogP contribution in [0, 0.1) is 0 Å². The number of benzene rings is 3. The number of rotatable bonds is 2. The van der Waals surface area contributed by atoms with E-state index in [4.69, 9.17) is 4.99 Å². The van der Waals surface area contributed by atoms with Gasteiger partial charge in [-0.05, 0) is 35.4 Å². The van der Waals surface area contributed by atoms with Gasteiger partial charge >= 0.3 is 0 Å². The zero-order valence-electron chi connectivity index (χ0n) is 13.1. The Labute approximate surface area is 145 Å². The second kappa shape index (κ2) is 6.54. The summed E-state index contributed by atoms with van der Waals surface area (Å²) < 4.78 is 0. The molecule has 0 saturated carbocycles. The van der Waals surface area contributed by atoms with E-state index < -0.39 is 0 Å². The molecular weight excluding hydrogens is 314 g/mol. The van der Waals surface area contributed by atoms with Crippen molar-refractivity contribution in [3.8, 4) is 5.75 Å². The Bertz CT molecular complexity index is 872. The molecule has 1 N–H and O–H groups in total. The molecule has 1 atom stereocenters. The molecule has 0 saturated heterocycles. The van der Waals surface area contributed by atoms with Crippen molar-refractivity contribution in [1.29, 1.82) is 0 Å². The van der Waals surface area contributed by atoms with Gasteiger partial charge in [-0.2, -0.15) is 0 Å². The van der Waals surface area contributed by atoms with Crippen LogP contribution in [0.15, 0.2) is 88.8 Å². The number of aromatic hydroxyl groups is 1. The molecule has 0 aliphatic carbocycles. The van der Waals surface area contributed by atoms with Gasteiger partial charge in [0.25, 0.3) is 0 Å². The van der Waals surface area contributed by atoms with E-state index in [1.807, 2.05) is 36.0 Å². The lowest BCUT2D eigenvalue weighted by molar-refractivity contribution is 0.475. The minimum absolute atomic E-state index is 0.271. The van der Waals surface area contributed by atoms with Crippen LogP contribution in [-0.4, -0.2) is 10.8 Å². The van der Waals surface area contributed by atoms with Crippen LogP contribution in [0.3, 0.4) is 0 Å². The SMILES string of the molecule is Oc1ccc(C2CC(c3ccccc3)=Nc3ccccc3S2)cc1. The Morgan fingerprint density at radius 3 is 2.33 bits per heavy atom. The summed E-state index contributed by atoms with van der Waals surface area (Å²) in [6.07, 6.45) is 0.855. The number of phenols is 1. The summed E-state index contributed by atoms with van der Waals surface area (Å²) in [7, 11) is 0. The number of hydrogen-bond donors (Lipinski definition) is 1. The summed E-state index contributed by atoms with van der Waals surface area (Å²) in [5.74, 6) is 0.301. The molecule has 3 aromatic rings. The molecule has 0 bridgehead atoms. The van der Waals surface area contributed by atoms with Crippen LogP contribution in [0.25, 0.3) is 0 Å². The second-order valence-corrected chi connectivity index (χ2v) is 7.04. The number of fused-ring (bicyclic) bond motifs is 1. The van der Waals surface area contributed by atoms with Gasteiger partial charge < -0.3 is 5.11 Å². The van der Waals surface area contributed by atoms with Crippen LogP contribution in [0.1, 0.15) is 22.8 Å². The Morgan fingerprint density at radius 2 is 1.54 bits per heavy atom. The van der Waals surface area contributed by atoms with Crippen molar-refractivity contribution in [3.63, 3.8) is 0 Å². The molecule has 4 rings (SSSR count). The second-order valence-electron chi connectivity index (χ2n) is 5.79. The molecule has 2 nitrogen and oxygen atoms in total. The first kappa shape index (κ1) is 15.0. The number of hydrogen-bond acceptors (Lipinski definition) is 3. The fourth-order valence-corrected chi connectivity index (χ4v) is 4.13.